The Labute approximate surface area is 112 Å². The van der Waals surface area contributed by atoms with Gasteiger partial charge in [-0.1, -0.05) is 51.8 Å². The molecular formula is C17H27N. The molecule has 1 N–H and O–H groups in total. The number of rotatable bonds is 3. The minimum absolute atomic E-state index is 0.422. The van der Waals surface area contributed by atoms with Crippen LogP contribution in [-0.4, -0.2) is 6.04 Å². The van der Waals surface area contributed by atoms with Crippen molar-refractivity contribution in [1.82, 2.24) is 0 Å². The van der Waals surface area contributed by atoms with E-state index in [0.717, 1.165) is 6.42 Å². The fraction of sp³-hybridized carbons (Fsp3) is 0.647. The zero-order chi connectivity index (χ0) is 13.2. The van der Waals surface area contributed by atoms with E-state index in [1.807, 2.05) is 0 Å². The van der Waals surface area contributed by atoms with Crippen molar-refractivity contribution in [3.8, 4) is 0 Å². The Morgan fingerprint density at radius 1 is 1.28 bits per heavy atom. The highest BCUT2D eigenvalue weighted by atomic mass is 14.9. The van der Waals surface area contributed by atoms with Crippen LogP contribution in [0.15, 0.2) is 18.2 Å². The summed E-state index contributed by atoms with van der Waals surface area (Å²) in [6, 6.07) is 7.27. The van der Waals surface area contributed by atoms with Crippen molar-refractivity contribution in [1.29, 1.82) is 0 Å². The van der Waals surface area contributed by atoms with E-state index in [0.29, 0.717) is 11.5 Å². The number of benzene rings is 1. The highest BCUT2D eigenvalue weighted by molar-refractivity contribution is 5.58. The molecular weight excluding hydrogens is 218 g/mol. The second-order valence-corrected chi connectivity index (χ2v) is 6.39. The highest BCUT2D eigenvalue weighted by Gasteiger charge is 2.32. The van der Waals surface area contributed by atoms with E-state index in [1.165, 1.54) is 42.5 Å². The Bertz CT molecular complexity index is 406. The third kappa shape index (κ3) is 2.71. The van der Waals surface area contributed by atoms with Crippen molar-refractivity contribution in [2.24, 2.45) is 5.41 Å². The summed E-state index contributed by atoms with van der Waals surface area (Å²) in [4.78, 5) is 0. The molecule has 1 saturated carbocycles. The Morgan fingerprint density at radius 2 is 2.06 bits per heavy atom. The van der Waals surface area contributed by atoms with E-state index in [9.17, 15) is 0 Å². The first kappa shape index (κ1) is 13.5. The van der Waals surface area contributed by atoms with Gasteiger partial charge in [0.25, 0.3) is 0 Å². The van der Waals surface area contributed by atoms with Crippen LogP contribution in [0.1, 0.15) is 57.6 Å². The van der Waals surface area contributed by atoms with Crippen molar-refractivity contribution in [3.05, 3.63) is 29.3 Å². The number of nitrogens with one attached hydrogen (secondary N) is 1. The van der Waals surface area contributed by atoms with Gasteiger partial charge in [-0.2, -0.15) is 0 Å². The zero-order valence-corrected chi connectivity index (χ0v) is 12.3. The molecule has 1 nitrogen and oxygen atoms in total. The second-order valence-electron chi connectivity index (χ2n) is 6.39. The maximum atomic E-state index is 3.86. The number of aryl methyl sites for hydroxylation is 2. The fourth-order valence-corrected chi connectivity index (χ4v) is 3.17. The van der Waals surface area contributed by atoms with Gasteiger partial charge in [-0.25, -0.2) is 0 Å². The van der Waals surface area contributed by atoms with Gasteiger partial charge in [0.2, 0.25) is 0 Å². The van der Waals surface area contributed by atoms with Crippen LogP contribution in [0.25, 0.3) is 0 Å². The molecule has 18 heavy (non-hydrogen) atoms. The molecule has 1 aliphatic rings. The molecule has 1 aromatic rings. The first-order valence-corrected chi connectivity index (χ1v) is 7.39. The van der Waals surface area contributed by atoms with Crippen LogP contribution in [0.3, 0.4) is 0 Å². The summed E-state index contributed by atoms with van der Waals surface area (Å²) in [5.74, 6) is 0. The quantitative estimate of drug-likeness (QED) is 0.795. The van der Waals surface area contributed by atoms with Gasteiger partial charge >= 0.3 is 0 Å². The molecule has 1 fully saturated rings. The van der Waals surface area contributed by atoms with Crippen molar-refractivity contribution in [2.45, 2.75) is 65.8 Å². The van der Waals surface area contributed by atoms with Crippen LogP contribution < -0.4 is 5.32 Å². The van der Waals surface area contributed by atoms with E-state index in [2.05, 4.69) is 51.2 Å². The first-order valence-electron chi connectivity index (χ1n) is 7.39. The van der Waals surface area contributed by atoms with Gasteiger partial charge in [-0.15, -0.1) is 0 Å². The summed E-state index contributed by atoms with van der Waals surface area (Å²) in [6.07, 6.45) is 6.52. The summed E-state index contributed by atoms with van der Waals surface area (Å²) in [5.41, 5.74) is 4.65. The van der Waals surface area contributed by atoms with Crippen molar-refractivity contribution in [3.63, 3.8) is 0 Å². The van der Waals surface area contributed by atoms with E-state index >= 15 is 0 Å². The Hall–Kier alpha value is -0.980. The molecule has 0 spiro atoms. The van der Waals surface area contributed by atoms with Crippen LogP contribution in [0.2, 0.25) is 0 Å². The minimum atomic E-state index is 0.422. The first-order chi connectivity index (χ1) is 8.54. The molecule has 0 radical (unpaired) electrons. The van der Waals surface area contributed by atoms with Gasteiger partial charge in [-0.3, -0.25) is 0 Å². The van der Waals surface area contributed by atoms with Gasteiger partial charge in [0.15, 0.2) is 0 Å². The fourth-order valence-electron chi connectivity index (χ4n) is 3.17. The van der Waals surface area contributed by atoms with Crippen molar-refractivity contribution < 1.29 is 0 Å². The lowest BCUT2D eigenvalue weighted by atomic mass is 9.73. The average molecular weight is 245 g/mol. The molecule has 1 heteroatoms. The molecule has 0 aromatic heterocycles. The molecule has 0 bridgehead atoms. The van der Waals surface area contributed by atoms with Crippen LogP contribution in [0.4, 0.5) is 5.69 Å². The number of hydrogen-bond donors (Lipinski definition) is 1. The molecule has 0 aliphatic heterocycles. The normalized spacial score (nSPS) is 22.8. The van der Waals surface area contributed by atoms with E-state index < -0.39 is 0 Å². The molecule has 1 aromatic carbocycles. The summed E-state index contributed by atoms with van der Waals surface area (Å²) < 4.78 is 0. The Kier molecular flexibility index (Phi) is 3.99. The molecule has 1 atom stereocenters. The third-order valence-electron chi connectivity index (χ3n) is 4.57. The Morgan fingerprint density at radius 3 is 2.72 bits per heavy atom. The van der Waals surface area contributed by atoms with Crippen molar-refractivity contribution in [2.75, 3.05) is 5.32 Å². The molecule has 1 aliphatic carbocycles. The summed E-state index contributed by atoms with van der Waals surface area (Å²) in [7, 11) is 0. The molecule has 0 heterocycles. The van der Waals surface area contributed by atoms with E-state index in [-0.39, 0.29) is 0 Å². The number of hydrogen-bond acceptors (Lipinski definition) is 1. The molecule has 1 unspecified atom stereocenters. The smallest absolute Gasteiger partial charge is 0.0404 e. The van der Waals surface area contributed by atoms with Crippen LogP contribution in [0.5, 0.6) is 0 Å². The van der Waals surface area contributed by atoms with Crippen LogP contribution in [-0.2, 0) is 6.42 Å². The van der Waals surface area contributed by atoms with Crippen molar-refractivity contribution >= 4 is 5.69 Å². The Balaban J connectivity index is 2.23. The summed E-state index contributed by atoms with van der Waals surface area (Å²) in [5, 5.41) is 3.86. The predicted octanol–water partition coefficient (Wildman–Crippen LogP) is 4.94. The van der Waals surface area contributed by atoms with Gasteiger partial charge in [0.05, 0.1) is 0 Å². The largest absolute Gasteiger partial charge is 0.381 e. The minimum Gasteiger partial charge on any atom is -0.381 e. The monoisotopic (exact) mass is 245 g/mol. The van der Waals surface area contributed by atoms with E-state index in [4.69, 9.17) is 0 Å². The van der Waals surface area contributed by atoms with Gasteiger partial charge in [0, 0.05) is 11.7 Å². The molecule has 100 valence electrons. The van der Waals surface area contributed by atoms with Gasteiger partial charge in [-0.05, 0) is 42.7 Å². The highest BCUT2D eigenvalue weighted by Crippen LogP contribution is 2.38. The second kappa shape index (κ2) is 5.34. The van der Waals surface area contributed by atoms with Crippen LogP contribution in [0, 0.1) is 12.3 Å². The zero-order valence-electron chi connectivity index (χ0n) is 12.3. The predicted molar refractivity (Wildman–Crippen MR) is 80.2 cm³/mol. The standard InChI is InChI=1S/C17H27N/c1-5-14-10-8-9-13(2)16(14)18-15-11-6-7-12-17(15,3)4/h8-10,15,18H,5-7,11-12H2,1-4H3. The summed E-state index contributed by atoms with van der Waals surface area (Å²) in [6.45, 7) is 9.28. The van der Waals surface area contributed by atoms with Gasteiger partial charge < -0.3 is 5.32 Å². The maximum Gasteiger partial charge on any atom is 0.0404 e. The van der Waals surface area contributed by atoms with E-state index in [1.54, 1.807) is 0 Å². The van der Waals surface area contributed by atoms with Crippen LogP contribution >= 0.6 is 0 Å². The lowest BCUT2D eigenvalue weighted by molar-refractivity contribution is 0.217. The third-order valence-corrected chi connectivity index (χ3v) is 4.57. The number of anilines is 1. The molecule has 0 saturated heterocycles. The molecule has 2 rings (SSSR count). The SMILES string of the molecule is CCc1cccc(C)c1NC1CCCCC1(C)C. The lowest BCUT2D eigenvalue weighted by Gasteiger charge is -2.40. The molecule has 0 amide bonds. The average Bonchev–Trinajstić information content (AvgIpc) is 2.33. The van der Waals surface area contributed by atoms with Gasteiger partial charge in [0.1, 0.15) is 0 Å². The maximum absolute atomic E-state index is 3.86. The summed E-state index contributed by atoms with van der Waals surface area (Å²) >= 11 is 0. The number of para-hydroxylation sites is 1. The lowest BCUT2D eigenvalue weighted by Crippen LogP contribution is -2.39. The topological polar surface area (TPSA) is 12.0 Å².